The van der Waals surface area contributed by atoms with Crippen LogP contribution in [0.3, 0.4) is 0 Å². The summed E-state index contributed by atoms with van der Waals surface area (Å²) < 4.78 is 35.4. The quantitative estimate of drug-likeness (QED) is 0.468. The molecule has 3 rings (SSSR count). The summed E-state index contributed by atoms with van der Waals surface area (Å²) in [5, 5.41) is 5.39. The van der Waals surface area contributed by atoms with E-state index in [1.807, 2.05) is 38.1 Å². The SMILES string of the molecule is COC(=O)[C@@H](NC(=O)N1CC(C(=O)Nc2ccc(C)nc2OC(F)F)(c2ccccc2C(C)C)C1)C(C)C. The molecule has 1 fully saturated rings. The van der Waals surface area contributed by atoms with Gasteiger partial charge in [0.25, 0.3) is 0 Å². The molecule has 2 N–H and O–H groups in total. The number of aromatic nitrogens is 1. The van der Waals surface area contributed by atoms with Gasteiger partial charge in [-0.05, 0) is 42.0 Å². The van der Waals surface area contributed by atoms with Crippen LogP contribution in [0.25, 0.3) is 0 Å². The predicted molar refractivity (Wildman–Crippen MR) is 137 cm³/mol. The second-order valence-electron chi connectivity index (χ2n) is 10.0. The van der Waals surface area contributed by atoms with Crippen LogP contribution in [0, 0.1) is 12.8 Å². The number of alkyl halides is 2. The highest BCUT2D eigenvalue weighted by Crippen LogP contribution is 2.40. The average Bonchev–Trinajstić information content (AvgIpc) is 2.82. The molecule has 2 aromatic rings. The van der Waals surface area contributed by atoms with Gasteiger partial charge in [-0.15, -0.1) is 0 Å². The van der Waals surface area contributed by atoms with Gasteiger partial charge >= 0.3 is 18.6 Å². The molecule has 0 radical (unpaired) electrons. The van der Waals surface area contributed by atoms with Crippen molar-refractivity contribution in [1.29, 1.82) is 0 Å². The normalized spacial score (nSPS) is 15.2. The van der Waals surface area contributed by atoms with E-state index in [-0.39, 0.29) is 30.6 Å². The van der Waals surface area contributed by atoms with Gasteiger partial charge in [0.1, 0.15) is 17.1 Å². The maximum absolute atomic E-state index is 13.9. The minimum Gasteiger partial charge on any atom is -0.467 e. The first-order chi connectivity index (χ1) is 17.9. The number of amides is 3. The van der Waals surface area contributed by atoms with Crippen molar-refractivity contribution in [3.05, 3.63) is 53.2 Å². The molecule has 1 atom stereocenters. The van der Waals surface area contributed by atoms with Gasteiger partial charge in [0.05, 0.1) is 7.11 Å². The van der Waals surface area contributed by atoms with E-state index in [1.54, 1.807) is 26.8 Å². The third kappa shape index (κ3) is 6.03. The lowest BCUT2D eigenvalue weighted by molar-refractivity contribution is -0.144. The number of rotatable bonds is 9. The molecule has 1 aliphatic rings. The van der Waals surface area contributed by atoms with Crippen LogP contribution in [0.2, 0.25) is 0 Å². The van der Waals surface area contributed by atoms with Gasteiger partial charge in [-0.3, -0.25) is 4.79 Å². The minimum atomic E-state index is -3.12. The van der Waals surface area contributed by atoms with Crippen LogP contribution in [-0.4, -0.2) is 60.6 Å². The number of aryl methyl sites for hydroxylation is 1. The molecule has 0 saturated carbocycles. The molecular formula is C27H34F2N4O5. The zero-order valence-corrected chi connectivity index (χ0v) is 22.4. The summed E-state index contributed by atoms with van der Waals surface area (Å²) in [5.41, 5.74) is 0.903. The Kier molecular flexibility index (Phi) is 8.90. The summed E-state index contributed by atoms with van der Waals surface area (Å²) in [5.74, 6) is -1.60. The Hall–Kier alpha value is -3.76. The standard InChI is InChI=1S/C27H34F2N4O5/c1-15(2)18-9-7-8-10-19(18)27(13-33(14-27)26(36)32-21(16(3)4)23(34)37-6)24(35)31-20-12-11-17(5)30-22(20)38-25(28)29/h7-12,15-16,21,25H,13-14H2,1-6H3,(H,31,35)(H,32,36)/t21-/m0/s1. The van der Waals surface area contributed by atoms with Gasteiger partial charge in [-0.25, -0.2) is 14.6 Å². The molecule has 0 spiro atoms. The van der Waals surface area contributed by atoms with Crippen LogP contribution >= 0.6 is 0 Å². The molecule has 1 aromatic carbocycles. The van der Waals surface area contributed by atoms with Crippen molar-refractivity contribution in [2.75, 3.05) is 25.5 Å². The first-order valence-corrected chi connectivity index (χ1v) is 12.4. The fraction of sp³-hybridized carbons (Fsp3) is 0.481. The highest BCUT2D eigenvalue weighted by molar-refractivity contribution is 6.02. The first kappa shape index (κ1) is 28.8. The number of hydrogen-bond donors (Lipinski definition) is 2. The average molecular weight is 533 g/mol. The molecule has 38 heavy (non-hydrogen) atoms. The van der Waals surface area contributed by atoms with Crippen LogP contribution in [0.4, 0.5) is 19.3 Å². The molecule has 11 heteroatoms. The van der Waals surface area contributed by atoms with Crippen LogP contribution in [-0.2, 0) is 19.7 Å². The molecule has 0 unspecified atom stereocenters. The Morgan fingerprint density at radius 3 is 2.29 bits per heavy atom. The summed E-state index contributed by atoms with van der Waals surface area (Å²) in [7, 11) is 1.25. The zero-order valence-electron chi connectivity index (χ0n) is 22.4. The number of urea groups is 1. The highest BCUT2D eigenvalue weighted by Gasteiger charge is 2.54. The summed E-state index contributed by atoms with van der Waals surface area (Å²) in [4.78, 5) is 44.5. The maximum Gasteiger partial charge on any atom is 0.388 e. The van der Waals surface area contributed by atoms with Crippen molar-refractivity contribution >= 4 is 23.6 Å². The summed E-state index contributed by atoms with van der Waals surface area (Å²) in [6.07, 6.45) is 0. The summed E-state index contributed by atoms with van der Waals surface area (Å²) >= 11 is 0. The Labute approximate surface area is 220 Å². The lowest BCUT2D eigenvalue weighted by Crippen LogP contribution is -2.69. The van der Waals surface area contributed by atoms with E-state index >= 15 is 0 Å². The molecule has 1 saturated heterocycles. The van der Waals surface area contributed by atoms with E-state index < -0.39 is 41.9 Å². The van der Waals surface area contributed by atoms with E-state index in [2.05, 4.69) is 20.4 Å². The van der Waals surface area contributed by atoms with Crippen molar-refractivity contribution in [2.24, 2.45) is 5.92 Å². The number of pyridine rings is 1. The minimum absolute atomic E-state index is 0.00392. The fourth-order valence-electron chi connectivity index (χ4n) is 4.51. The largest absolute Gasteiger partial charge is 0.467 e. The maximum atomic E-state index is 13.9. The molecular weight excluding hydrogens is 498 g/mol. The predicted octanol–water partition coefficient (Wildman–Crippen LogP) is 4.21. The molecule has 206 valence electrons. The van der Waals surface area contributed by atoms with Gasteiger partial charge in [0.15, 0.2) is 0 Å². The van der Waals surface area contributed by atoms with E-state index in [1.165, 1.54) is 18.1 Å². The van der Waals surface area contributed by atoms with Crippen LogP contribution in [0.1, 0.15) is 50.4 Å². The number of carbonyl (C=O) groups excluding carboxylic acids is 3. The Balaban J connectivity index is 1.94. The van der Waals surface area contributed by atoms with Crippen molar-refractivity contribution < 1.29 is 32.6 Å². The summed E-state index contributed by atoms with van der Waals surface area (Å²) in [6.45, 7) is 6.06. The number of ether oxygens (including phenoxy) is 2. The topological polar surface area (TPSA) is 110 Å². The number of esters is 1. The van der Waals surface area contributed by atoms with Crippen LogP contribution < -0.4 is 15.4 Å². The summed E-state index contributed by atoms with van der Waals surface area (Å²) in [6, 6.07) is 9.08. The van der Waals surface area contributed by atoms with Crippen molar-refractivity contribution in [3.63, 3.8) is 0 Å². The highest BCUT2D eigenvalue weighted by atomic mass is 19.3. The molecule has 9 nitrogen and oxygen atoms in total. The van der Waals surface area contributed by atoms with Gasteiger partial charge < -0.3 is 25.0 Å². The smallest absolute Gasteiger partial charge is 0.388 e. The Morgan fingerprint density at radius 2 is 1.71 bits per heavy atom. The number of benzene rings is 1. The van der Waals surface area contributed by atoms with Crippen molar-refractivity contribution in [3.8, 4) is 5.88 Å². The van der Waals surface area contributed by atoms with Gasteiger partial charge in [-0.1, -0.05) is 52.0 Å². The molecule has 0 bridgehead atoms. The van der Waals surface area contributed by atoms with Crippen LogP contribution in [0.5, 0.6) is 5.88 Å². The number of nitrogens with one attached hydrogen (secondary N) is 2. The van der Waals surface area contributed by atoms with Crippen molar-refractivity contribution in [2.45, 2.75) is 58.6 Å². The van der Waals surface area contributed by atoms with Gasteiger partial charge in [0.2, 0.25) is 11.8 Å². The number of nitrogens with zero attached hydrogens (tertiary/aromatic N) is 2. The lowest BCUT2D eigenvalue weighted by atomic mass is 9.69. The van der Waals surface area contributed by atoms with E-state index in [9.17, 15) is 23.2 Å². The molecule has 1 aromatic heterocycles. The van der Waals surface area contributed by atoms with Gasteiger partial charge in [-0.2, -0.15) is 8.78 Å². The molecule has 3 amide bonds. The van der Waals surface area contributed by atoms with Gasteiger partial charge in [0, 0.05) is 18.8 Å². The fourth-order valence-corrected chi connectivity index (χ4v) is 4.51. The second-order valence-corrected chi connectivity index (χ2v) is 10.0. The number of hydrogen-bond acceptors (Lipinski definition) is 6. The Morgan fingerprint density at radius 1 is 1.05 bits per heavy atom. The lowest BCUT2D eigenvalue weighted by Gasteiger charge is -2.50. The third-order valence-electron chi connectivity index (χ3n) is 6.59. The zero-order chi connectivity index (χ0) is 28.2. The number of anilines is 1. The van der Waals surface area contributed by atoms with E-state index in [4.69, 9.17) is 4.74 Å². The number of likely N-dealkylation sites (tertiary alicyclic amines) is 1. The molecule has 0 aliphatic carbocycles. The number of halogens is 2. The first-order valence-electron chi connectivity index (χ1n) is 12.4. The molecule has 2 heterocycles. The van der Waals surface area contributed by atoms with Crippen LogP contribution in [0.15, 0.2) is 36.4 Å². The number of methoxy groups -OCH3 is 1. The number of carbonyl (C=O) groups is 3. The monoisotopic (exact) mass is 532 g/mol. The van der Waals surface area contributed by atoms with E-state index in [0.29, 0.717) is 5.69 Å². The van der Waals surface area contributed by atoms with E-state index in [0.717, 1.165) is 11.1 Å². The third-order valence-corrected chi connectivity index (χ3v) is 6.59. The Bertz CT molecular complexity index is 1180. The molecule has 1 aliphatic heterocycles. The van der Waals surface area contributed by atoms with Crippen molar-refractivity contribution in [1.82, 2.24) is 15.2 Å². The second kappa shape index (κ2) is 11.7.